The largest absolute Gasteiger partial charge is 0.322 e. The monoisotopic (exact) mass is 314 g/mol. The minimum Gasteiger partial charge on any atom is -0.322 e. The van der Waals surface area contributed by atoms with Crippen molar-refractivity contribution in [1.29, 1.82) is 0 Å². The highest BCUT2D eigenvalue weighted by atomic mass is 35.5. The van der Waals surface area contributed by atoms with Gasteiger partial charge < -0.3 is 10.2 Å². The van der Waals surface area contributed by atoms with E-state index >= 15 is 0 Å². The molecule has 0 spiro atoms. The molecule has 2 aromatic rings. The Hall–Kier alpha value is -1.23. The topological polar surface area (TPSA) is 32.3 Å². The normalized spacial score (nSPS) is 10.3. The average molecular weight is 315 g/mol. The Morgan fingerprint density at radius 1 is 1.32 bits per heavy atom. The molecule has 19 heavy (non-hydrogen) atoms. The number of hydrogen-bond donors (Lipinski definition) is 1. The molecule has 6 heteroatoms. The zero-order valence-corrected chi connectivity index (χ0v) is 12.5. The van der Waals surface area contributed by atoms with E-state index in [2.05, 4.69) is 5.32 Å². The maximum atomic E-state index is 12.0. The molecule has 1 aromatic heterocycles. The van der Waals surface area contributed by atoms with Crippen molar-refractivity contribution in [2.75, 3.05) is 12.4 Å². The molecule has 1 heterocycles. The number of nitrogens with zero attached hydrogens (tertiary/aromatic N) is 1. The van der Waals surface area contributed by atoms with E-state index in [9.17, 15) is 4.79 Å². The van der Waals surface area contributed by atoms with Crippen molar-refractivity contribution in [3.05, 3.63) is 50.6 Å². The van der Waals surface area contributed by atoms with Gasteiger partial charge in [0.05, 0.1) is 10.9 Å². The average Bonchev–Trinajstić information content (AvgIpc) is 2.74. The predicted octanol–water partition coefficient (Wildman–Crippen LogP) is 4.72. The second-order valence-corrected chi connectivity index (χ2v) is 6.24. The minimum absolute atomic E-state index is 0.188. The number of hydrogen-bond acceptors (Lipinski definition) is 2. The second kappa shape index (κ2) is 6.28. The molecule has 2 amide bonds. The molecule has 3 nitrogen and oxygen atoms in total. The highest BCUT2D eigenvalue weighted by Crippen LogP contribution is 2.22. The first-order chi connectivity index (χ1) is 9.04. The Kier molecular flexibility index (Phi) is 4.69. The van der Waals surface area contributed by atoms with Crippen LogP contribution in [0.2, 0.25) is 9.36 Å². The summed E-state index contributed by atoms with van der Waals surface area (Å²) >= 11 is 13.2. The third-order valence-electron chi connectivity index (χ3n) is 2.44. The minimum atomic E-state index is -0.188. The van der Waals surface area contributed by atoms with Gasteiger partial charge >= 0.3 is 6.03 Å². The van der Waals surface area contributed by atoms with Crippen LogP contribution < -0.4 is 5.32 Å². The summed E-state index contributed by atoms with van der Waals surface area (Å²) in [5, 5.41) is 3.37. The number of nitrogens with one attached hydrogen (secondary N) is 1. The Bertz CT molecular complexity index is 586. The fourth-order valence-corrected chi connectivity index (χ4v) is 2.86. The quantitative estimate of drug-likeness (QED) is 0.873. The number of benzene rings is 1. The maximum Gasteiger partial charge on any atom is 0.321 e. The van der Waals surface area contributed by atoms with Gasteiger partial charge in [0, 0.05) is 22.6 Å². The lowest BCUT2D eigenvalue weighted by Crippen LogP contribution is -2.30. The van der Waals surface area contributed by atoms with Gasteiger partial charge in [-0.15, -0.1) is 11.3 Å². The molecule has 0 saturated heterocycles. The van der Waals surface area contributed by atoms with E-state index in [4.69, 9.17) is 23.2 Å². The van der Waals surface area contributed by atoms with Gasteiger partial charge in [0.1, 0.15) is 0 Å². The molecule has 0 atom stereocenters. The summed E-state index contributed by atoms with van der Waals surface area (Å²) in [6, 6.07) is 10.6. The van der Waals surface area contributed by atoms with Crippen molar-refractivity contribution in [2.45, 2.75) is 6.54 Å². The van der Waals surface area contributed by atoms with Crippen LogP contribution in [-0.4, -0.2) is 18.0 Å². The highest BCUT2D eigenvalue weighted by molar-refractivity contribution is 7.16. The molecule has 0 aliphatic carbocycles. The van der Waals surface area contributed by atoms with Crippen LogP contribution in [0.1, 0.15) is 4.88 Å². The van der Waals surface area contributed by atoms with E-state index in [1.165, 1.54) is 11.3 Å². The van der Waals surface area contributed by atoms with Crippen molar-refractivity contribution >= 4 is 46.3 Å². The number of amides is 2. The summed E-state index contributed by atoms with van der Waals surface area (Å²) in [5.41, 5.74) is 0.675. The lowest BCUT2D eigenvalue weighted by Gasteiger charge is -2.17. The van der Waals surface area contributed by atoms with Gasteiger partial charge in [-0.2, -0.15) is 0 Å². The Balaban J connectivity index is 1.96. The SMILES string of the molecule is CN(Cc1ccc(Cl)s1)C(=O)Nc1cccc(Cl)c1. The number of thiophene rings is 1. The lowest BCUT2D eigenvalue weighted by atomic mass is 10.3. The standard InChI is InChI=1S/C13H12Cl2N2OS/c1-17(8-11-5-6-12(15)19-11)13(18)16-10-4-2-3-9(14)7-10/h2-7H,8H2,1H3,(H,16,18). The smallest absolute Gasteiger partial charge is 0.321 e. The van der Waals surface area contributed by atoms with E-state index in [0.717, 1.165) is 9.21 Å². The van der Waals surface area contributed by atoms with Gasteiger partial charge in [-0.05, 0) is 30.3 Å². The van der Waals surface area contributed by atoms with E-state index in [0.29, 0.717) is 17.3 Å². The number of carbonyl (C=O) groups excluding carboxylic acids is 1. The summed E-state index contributed by atoms with van der Waals surface area (Å²) in [7, 11) is 1.73. The van der Waals surface area contributed by atoms with Gasteiger partial charge in [-0.1, -0.05) is 29.3 Å². The Labute approximate surface area is 125 Å². The van der Waals surface area contributed by atoms with Crippen molar-refractivity contribution < 1.29 is 4.79 Å². The molecule has 0 aliphatic rings. The molecule has 0 fully saturated rings. The van der Waals surface area contributed by atoms with Crippen molar-refractivity contribution in [1.82, 2.24) is 4.90 Å². The number of halogens is 2. The summed E-state index contributed by atoms with van der Waals surface area (Å²) in [6.45, 7) is 0.518. The van der Waals surface area contributed by atoms with Crippen LogP contribution >= 0.6 is 34.5 Å². The molecule has 0 bridgehead atoms. The molecule has 0 radical (unpaired) electrons. The van der Waals surface area contributed by atoms with Crippen LogP contribution in [0.15, 0.2) is 36.4 Å². The first-order valence-corrected chi connectivity index (χ1v) is 7.14. The van der Waals surface area contributed by atoms with E-state index < -0.39 is 0 Å². The molecular formula is C13H12Cl2N2OS. The van der Waals surface area contributed by atoms with E-state index in [-0.39, 0.29) is 6.03 Å². The zero-order chi connectivity index (χ0) is 13.8. The molecule has 1 N–H and O–H groups in total. The number of anilines is 1. The fraction of sp³-hybridized carbons (Fsp3) is 0.154. The van der Waals surface area contributed by atoms with Crippen LogP contribution in [0.25, 0.3) is 0 Å². The van der Waals surface area contributed by atoms with Crippen LogP contribution in [0.4, 0.5) is 10.5 Å². The van der Waals surface area contributed by atoms with Crippen LogP contribution in [0.3, 0.4) is 0 Å². The van der Waals surface area contributed by atoms with Crippen LogP contribution in [0.5, 0.6) is 0 Å². The predicted molar refractivity (Wildman–Crippen MR) is 81.3 cm³/mol. The summed E-state index contributed by atoms with van der Waals surface area (Å²) < 4.78 is 0.721. The maximum absolute atomic E-state index is 12.0. The fourth-order valence-electron chi connectivity index (χ4n) is 1.53. The first-order valence-electron chi connectivity index (χ1n) is 5.56. The van der Waals surface area contributed by atoms with Gasteiger partial charge in [-0.25, -0.2) is 4.79 Å². The first kappa shape index (κ1) is 14.2. The molecule has 0 saturated carbocycles. The van der Waals surface area contributed by atoms with Crippen LogP contribution in [-0.2, 0) is 6.54 Å². The van der Waals surface area contributed by atoms with Crippen LogP contribution in [0, 0.1) is 0 Å². The third kappa shape index (κ3) is 4.13. The molecule has 2 rings (SSSR count). The molecule has 1 aromatic carbocycles. The number of carbonyl (C=O) groups is 1. The summed E-state index contributed by atoms with van der Waals surface area (Å²) in [5.74, 6) is 0. The van der Waals surface area contributed by atoms with Crippen molar-refractivity contribution in [2.24, 2.45) is 0 Å². The van der Waals surface area contributed by atoms with Gasteiger partial charge in [0.2, 0.25) is 0 Å². The molecular weight excluding hydrogens is 303 g/mol. The Morgan fingerprint density at radius 3 is 2.74 bits per heavy atom. The number of urea groups is 1. The summed E-state index contributed by atoms with van der Waals surface area (Å²) in [6.07, 6.45) is 0. The molecule has 0 aliphatic heterocycles. The second-order valence-electron chi connectivity index (χ2n) is 4.00. The third-order valence-corrected chi connectivity index (χ3v) is 3.90. The van der Waals surface area contributed by atoms with E-state index in [1.54, 1.807) is 36.2 Å². The lowest BCUT2D eigenvalue weighted by molar-refractivity contribution is 0.221. The van der Waals surface area contributed by atoms with Gasteiger partial charge in [0.15, 0.2) is 0 Å². The van der Waals surface area contributed by atoms with Gasteiger partial charge in [0.25, 0.3) is 0 Å². The molecule has 100 valence electrons. The van der Waals surface area contributed by atoms with E-state index in [1.807, 2.05) is 12.1 Å². The summed E-state index contributed by atoms with van der Waals surface area (Å²) in [4.78, 5) is 14.6. The number of rotatable bonds is 3. The molecule has 0 unspecified atom stereocenters. The highest BCUT2D eigenvalue weighted by Gasteiger charge is 2.10. The zero-order valence-electron chi connectivity index (χ0n) is 10.2. The Morgan fingerprint density at radius 2 is 2.11 bits per heavy atom. The van der Waals surface area contributed by atoms with Crippen molar-refractivity contribution in [3.63, 3.8) is 0 Å². The van der Waals surface area contributed by atoms with Gasteiger partial charge in [-0.3, -0.25) is 0 Å². The van der Waals surface area contributed by atoms with Crippen molar-refractivity contribution in [3.8, 4) is 0 Å².